The van der Waals surface area contributed by atoms with Crippen LogP contribution < -0.4 is 5.56 Å². The number of aromatic nitrogens is 4. The van der Waals surface area contributed by atoms with Gasteiger partial charge in [-0.05, 0) is 18.9 Å². The van der Waals surface area contributed by atoms with Crippen molar-refractivity contribution in [3.8, 4) is 0 Å². The Kier molecular flexibility index (Phi) is 3.87. The Morgan fingerprint density at radius 3 is 2.92 bits per heavy atom. The molecular weight excluding hydrogens is 344 g/mol. The number of thiophene rings is 1. The van der Waals surface area contributed by atoms with Gasteiger partial charge >= 0.3 is 5.97 Å². The molecule has 130 valence electrons. The van der Waals surface area contributed by atoms with Gasteiger partial charge in [-0.1, -0.05) is 6.92 Å². The fourth-order valence-corrected chi connectivity index (χ4v) is 4.04. The number of carbonyl (C=O) groups excluding carboxylic acids is 1. The number of esters is 1. The van der Waals surface area contributed by atoms with Crippen LogP contribution in [-0.4, -0.2) is 25.7 Å². The van der Waals surface area contributed by atoms with Crippen molar-refractivity contribution in [3.63, 3.8) is 0 Å². The van der Waals surface area contributed by atoms with Gasteiger partial charge in [-0.3, -0.25) is 9.36 Å². The molecule has 3 aromatic heterocycles. The van der Waals surface area contributed by atoms with Crippen LogP contribution in [0.4, 0.5) is 0 Å². The van der Waals surface area contributed by atoms with Crippen LogP contribution >= 0.6 is 11.3 Å². The summed E-state index contributed by atoms with van der Waals surface area (Å²) in [7, 11) is 0. The number of ether oxygens (including phenoxy) is 1. The quantitative estimate of drug-likeness (QED) is 0.656. The van der Waals surface area contributed by atoms with E-state index in [-0.39, 0.29) is 18.1 Å². The zero-order chi connectivity index (χ0) is 17.6. The molecule has 4 heterocycles. The molecule has 0 amide bonds. The zero-order valence-electron chi connectivity index (χ0n) is 13.9. The van der Waals surface area contributed by atoms with E-state index in [1.165, 1.54) is 11.3 Å². The molecule has 0 aromatic carbocycles. The van der Waals surface area contributed by atoms with Crippen molar-refractivity contribution >= 4 is 27.5 Å². The Morgan fingerprint density at radius 1 is 1.36 bits per heavy atom. The number of carbonyl (C=O) groups is 1. The lowest BCUT2D eigenvalue weighted by atomic mass is 10.2. The molecule has 1 aliphatic heterocycles. The summed E-state index contributed by atoms with van der Waals surface area (Å²) in [5.74, 6) is 1.02. The maximum Gasteiger partial charge on any atom is 0.349 e. The van der Waals surface area contributed by atoms with Crippen molar-refractivity contribution in [2.75, 3.05) is 0 Å². The summed E-state index contributed by atoms with van der Waals surface area (Å²) in [5.41, 5.74) is 0.541. The number of rotatable bonds is 4. The van der Waals surface area contributed by atoms with Gasteiger partial charge in [0.05, 0.1) is 5.39 Å². The molecule has 0 N–H and O–H groups in total. The minimum absolute atomic E-state index is 0.0743. The van der Waals surface area contributed by atoms with Crippen LogP contribution in [0.1, 0.15) is 46.2 Å². The maximum atomic E-state index is 12.6. The molecule has 9 heteroatoms. The normalized spacial score (nSPS) is 13.4. The number of nitrogens with zero attached hydrogens (tertiary/aromatic N) is 4. The first-order valence-corrected chi connectivity index (χ1v) is 8.91. The Balaban J connectivity index is 1.62. The van der Waals surface area contributed by atoms with E-state index < -0.39 is 5.97 Å². The molecule has 0 aliphatic carbocycles. The van der Waals surface area contributed by atoms with E-state index in [1.54, 1.807) is 11.5 Å². The van der Waals surface area contributed by atoms with Gasteiger partial charge in [-0.15, -0.1) is 21.5 Å². The van der Waals surface area contributed by atoms with Crippen LogP contribution in [0, 0.1) is 6.92 Å². The van der Waals surface area contributed by atoms with Gasteiger partial charge in [0.25, 0.3) is 11.4 Å². The summed E-state index contributed by atoms with van der Waals surface area (Å²) < 4.78 is 12.3. The standard InChI is InChI=1S/C16H16N4O4S/c1-3-10-18-19-11(24-10)7-23-16(22)13-8(2)12-14(25-13)17-9-5-4-6-20(9)15(12)21/h3-7H2,1-2H3. The van der Waals surface area contributed by atoms with Crippen molar-refractivity contribution < 1.29 is 13.9 Å². The summed E-state index contributed by atoms with van der Waals surface area (Å²) in [4.78, 5) is 30.6. The van der Waals surface area contributed by atoms with E-state index in [0.29, 0.717) is 39.5 Å². The third kappa shape index (κ3) is 2.64. The molecule has 4 rings (SSSR count). The van der Waals surface area contributed by atoms with Crippen LogP contribution in [0.25, 0.3) is 10.2 Å². The molecule has 25 heavy (non-hydrogen) atoms. The average molecular weight is 360 g/mol. The topological polar surface area (TPSA) is 100 Å². The Labute approximate surface area is 146 Å². The number of fused-ring (bicyclic) bond motifs is 2. The molecule has 3 aromatic rings. The van der Waals surface area contributed by atoms with Gasteiger partial charge in [-0.2, -0.15) is 0 Å². The van der Waals surface area contributed by atoms with E-state index >= 15 is 0 Å². The molecule has 0 spiro atoms. The molecule has 8 nitrogen and oxygen atoms in total. The van der Waals surface area contributed by atoms with Crippen molar-refractivity contribution in [3.05, 3.63) is 38.4 Å². The Bertz CT molecular complexity index is 1030. The molecule has 0 atom stereocenters. The predicted octanol–water partition coefficient (Wildman–Crippen LogP) is 2.02. The molecule has 0 unspecified atom stereocenters. The van der Waals surface area contributed by atoms with Crippen LogP contribution in [0.5, 0.6) is 0 Å². The summed E-state index contributed by atoms with van der Waals surface area (Å²) in [5, 5.41) is 8.15. The van der Waals surface area contributed by atoms with Gasteiger partial charge in [-0.25, -0.2) is 9.78 Å². The highest BCUT2D eigenvalue weighted by Gasteiger charge is 2.24. The van der Waals surface area contributed by atoms with E-state index in [2.05, 4.69) is 15.2 Å². The highest BCUT2D eigenvalue weighted by molar-refractivity contribution is 7.20. The highest BCUT2D eigenvalue weighted by Crippen LogP contribution is 2.29. The molecule has 0 saturated heterocycles. The van der Waals surface area contributed by atoms with Crippen molar-refractivity contribution in [2.45, 2.75) is 46.3 Å². The number of hydrogen-bond acceptors (Lipinski definition) is 8. The number of hydrogen-bond donors (Lipinski definition) is 0. The second-order valence-electron chi connectivity index (χ2n) is 5.84. The van der Waals surface area contributed by atoms with Gasteiger partial charge in [0.1, 0.15) is 15.5 Å². The van der Waals surface area contributed by atoms with Crippen LogP contribution in [0.3, 0.4) is 0 Å². The molecule has 0 fully saturated rings. The first-order chi connectivity index (χ1) is 12.1. The van der Waals surface area contributed by atoms with E-state index in [9.17, 15) is 9.59 Å². The molecule has 0 saturated carbocycles. The maximum absolute atomic E-state index is 12.6. The summed E-state index contributed by atoms with van der Waals surface area (Å²) in [6, 6.07) is 0. The van der Waals surface area contributed by atoms with E-state index in [4.69, 9.17) is 9.15 Å². The van der Waals surface area contributed by atoms with E-state index in [0.717, 1.165) is 18.7 Å². The summed E-state index contributed by atoms with van der Waals surface area (Å²) in [6.07, 6.45) is 2.34. The summed E-state index contributed by atoms with van der Waals surface area (Å²) in [6.45, 7) is 4.24. The van der Waals surface area contributed by atoms with E-state index in [1.807, 2.05) is 6.92 Å². The lowest BCUT2D eigenvalue weighted by molar-refractivity contribution is 0.0441. The molecule has 0 bridgehead atoms. The van der Waals surface area contributed by atoms with Gasteiger partial charge in [0.2, 0.25) is 5.89 Å². The van der Waals surface area contributed by atoms with Crippen LogP contribution in [0.15, 0.2) is 9.21 Å². The van der Waals surface area contributed by atoms with Crippen molar-refractivity contribution in [2.24, 2.45) is 0 Å². The second-order valence-corrected chi connectivity index (χ2v) is 6.84. The predicted molar refractivity (Wildman–Crippen MR) is 89.7 cm³/mol. The third-order valence-corrected chi connectivity index (χ3v) is 5.40. The monoisotopic (exact) mass is 360 g/mol. The third-order valence-electron chi connectivity index (χ3n) is 4.23. The van der Waals surface area contributed by atoms with Crippen LogP contribution in [0.2, 0.25) is 0 Å². The largest absolute Gasteiger partial charge is 0.451 e. The number of aryl methyl sites for hydroxylation is 3. The van der Waals surface area contributed by atoms with Crippen LogP contribution in [-0.2, 0) is 30.7 Å². The molecular formula is C16H16N4O4S. The first-order valence-electron chi connectivity index (χ1n) is 8.09. The molecule has 0 radical (unpaired) electrons. The van der Waals surface area contributed by atoms with Gasteiger partial charge in [0.15, 0.2) is 6.61 Å². The van der Waals surface area contributed by atoms with Crippen molar-refractivity contribution in [1.29, 1.82) is 0 Å². The first kappa shape index (κ1) is 15.9. The smallest absolute Gasteiger partial charge is 0.349 e. The fourth-order valence-electron chi connectivity index (χ4n) is 2.95. The lowest BCUT2D eigenvalue weighted by Crippen LogP contribution is -2.20. The van der Waals surface area contributed by atoms with Gasteiger partial charge in [0, 0.05) is 19.4 Å². The Hall–Kier alpha value is -2.55. The van der Waals surface area contributed by atoms with Gasteiger partial charge < -0.3 is 9.15 Å². The minimum Gasteiger partial charge on any atom is -0.451 e. The second kappa shape index (κ2) is 6.07. The SMILES string of the molecule is CCc1nnc(COC(=O)c2sc3nc4n(c(=O)c3c2C)CCC4)o1. The Morgan fingerprint density at radius 2 is 2.16 bits per heavy atom. The lowest BCUT2D eigenvalue weighted by Gasteiger charge is -2.02. The highest BCUT2D eigenvalue weighted by atomic mass is 32.1. The fraction of sp³-hybridized carbons (Fsp3) is 0.438. The molecule has 1 aliphatic rings. The average Bonchev–Trinajstić information content (AvgIpc) is 3.31. The minimum atomic E-state index is -0.513. The van der Waals surface area contributed by atoms with Crippen molar-refractivity contribution in [1.82, 2.24) is 19.7 Å². The summed E-state index contributed by atoms with van der Waals surface area (Å²) >= 11 is 1.19. The zero-order valence-corrected chi connectivity index (χ0v) is 14.7.